The van der Waals surface area contributed by atoms with E-state index in [1.807, 2.05) is 38.1 Å². The van der Waals surface area contributed by atoms with Gasteiger partial charge in [0.25, 0.3) is 0 Å². The highest BCUT2D eigenvalue weighted by atomic mass is 35.5. The number of amides is 1. The summed E-state index contributed by atoms with van der Waals surface area (Å²) in [6, 6.07) is 7.78. The molecular formula is C13H18ClNO2. The third-order valence-electron chi connectivity index (χ3n) is 2.42. The molecule has 0 aliphatic heterocycles. The van der Waals surface area contributed by atoms with Gasteiger partial charge in [0.15, 0.2) is 0 Å². The Bertz CT molecular complexity index is 391. The molecule has 94 valence electrons. The van der Waals surface area contributed by atoms with Gasteiger partial charge in [0.2, 0.25) is 5.91 Å². The highest BCUT2D eigenvalue weighted by molar-refractivity contribution is 6.27. The van der Waals surface area contributed by atoms with Crippen LogP contribution in [0.5, 0.6) is 5.75 Å². The molecule has 0 saturated heterocycles. The molecule has 0 fully saturated rings. The zero-order valence-electron chi connectivity index (χ0n) is 10.4. The Kier molecular flexibility index (Phi) is 4.82. The molecule has 4 heteroatoms. The average Bonchev–Trinajstić information content (AvgIpc) is 2.28. The lowest BCUT2D eigenvalue weighted by molar-refractivity contribution is -0.120. The number of alkyl halides is 1. The molecule has 0 bridgehead atoms. The van der Waals surface area contributed by atoms with Crippen molar-refractivity contribution < 1.29 is 9.53 Å². The molecular weight excluding hydrogens is 238 g/mol. The first-order valence-electron chi connectivity index (χ1n) is 5.47. The van der Waals surface area contributed by atoms with Crippen LogP contribution in [0.25, 0.3) is 0 Å². The molecule has 0 spiro atoms. The molecule has 1 N–H and O–H groups in total. The number of halogens is 1. The van der Waals surface area contributed by atoms with Gasteiger partial charge in [-0.3, -0.25) is 4.79 Å². The van der Waals surface area contributed by atoms with E-state index in [0.717, 1.165) is 11.3 Å². The number of nitrogens with one attached hydrogen (secondary N) is 1. The molecule has 0 unspecified atom stereocenters. The normalized spacial score (nSPS) is 11.1. The summed E-state index contributed by atoms with van der Waals surface area (Å²) in [4.78, 5) is 11.3. The summed E-state index contributed by atoms with van der Waals surface area (Å²) >= 11 is 5.48. The lowest BCUT2D eigenvalue weighted by Crippen LogP contribution is -2.45. The van der Waals surface area contributed by atoms with Gasteiger partial charge in [-0.05, 0) is 31.9 Å². The Labute approximate surface area is 107 Å². The van der Waals surface area contributed by atoms with Crippen LogP contribution in [0, 0.1) is 0 Å². The smallest absolute Gasteiger partial charge is 0.235 e. The summed E-state index contributed by atoms with van der Waals surface area (Å²) in [5.74, 6) is 0.655. The second-order valence-electron chi connectivity index (χ2n) is 4.55. The Morgan fingerprint density at radius 1 is 1.41 bits per heavy atom. The maximum Gasteiger partial charge on any atom is 0.235 e. The minimum Gasteiger partial charge on any atom is -0.496 e. The van der Waals surface area contributed by atoms with E-state index in [-0.39, 0.29) is 17.3 Å². The van der Waals surface area contributed by atoms with Gasteiger partial charge < -0.3 is 10.1 Å². The summed E-state index contributed by atoms with van der Waals surface area (Å²) in [6.07, 6.45) is 0.694. The fourth-order valence-electron chi connectivity index (χ4n) is 1.78. The molecule has 0 aromatic heterocycles. The van der Waals surface area contributed by atoms with E-state index in [1.165, 1.54) is 0 Å². The molecule has 0 aliphatic rings. The lowest BCUT2D eigenvalue weighted by atomic mass is 9.94. The second kappa shape index (κ2) is 5.92. The van der Waals surface area contributed by atoms with Crippen LogP contribution in [-0.4, -0.2) is 24.4 Å². The molecule has 1 amide bonds. The molecule has 0 radical (unpaired) electrons. The quantitative estimate of drug-likeness (QED) is 0.821. The molecule has 0 aliphatic carbocycles. The van der Waals surface area contributed by atoms with E-state index in [4.69, 9.17) is 16.3 Å². The van der Waals surface area contributed by atoms with Crippen LogP contribution in [0.3, 0.4) is 0 Å². The topological polar surface area (TPSA) is 38.3 Å². The van der Waals surface area contributed by atoms with Gasteiger partial charge in [-0.15, -0.1) is 11.6 Å². The predicted octanol–water partition coefficient (Wildman–Crippen LogP) is 2.37. The molecule has 1 aromatic carbocycles. The number of para-hydroxylation sites is 1. The van der Waals surface area contributed by atoms with E-state index in [1.54, 1.807) is 7.11 Å². The van der Waals surface area contributed by atoms with Crippen molar-refractivity contribution >= 4 is 17.5 Å². The first-order valence-corrected chi connectivity index (χ1v) is 6.01. The lowest BCUT2D eigenvalue weighted by Gasteiger charge is -2.26. The van der Waals surface area contributed by atoms with Crippen LogP contribution in [0.4, 0.5) is 0 Å². The number of benzene rings is 1. The third kappa shape index (κ3) is 4.27. The Balaban J connectivity index is 2.78. The maximum atomic E-state index is 11.3. The fourth-order valence-corrected chi connectivity index (χ4v) is 1.85. The Morgan fingerprint density at radius 3 is 2.65 bits per heavy atom. The highest BCUT2D eigenvalue weighted by Crippen LogP contribution is 2.22. The molecule has 0 saturated carbocycles. The summed E-state index contributed by atoms with van der Waals surface area (Å²) in [5, 5.41) is 2.88. The fraction of sp³-hybridized carbons (Fsp3) is 0.462. The molecule has 1 rings (SSSR count). The predicted molar refractivity (Wildman–Crippen MR) is 69.6 cm³/mol. The zero-order valence-corrected chi connectivity index (χ0v) is 11.2. The number of hydrogen-bond acceptors (Lipinski definition) is 2. The van der Waals surface area contributed by atoms with Gasteiger partial charge in [0.1, 0.15) is 11.6 Å². The van der Waals surface area contributed by atoms with Crippen molar-refractivity contribution in [1.82, 2.24) is 5.32 Å². The van der Waals surface area contributed by atoms with Gasteiger partial charge in [0, 0.05) is 5.54 Å². The van der Waals surface area contributed by atoms with Crippen molar-refractivity contribution in [3.8, 4) is 5.75 Å². The number of rotatable bonds is 5. The van der Waals surface area contributed by atoms with Crippen molar-refractivity contribution in [2.75, 3.05) is 13.0 Å². The van der Waals surface area contributed by atoms with Gasteiger partial charge in [-0.25, -0.2) is 0 Å². The molecule has 0 heterocycles. The standard InChI is InChI=1S/C13H18ClNO2/c1-13(2,15-12(16)9-14)8-10-6-4-5-7-11(10)17-3/h4-7H,8-9H2,1-3H3,(H,15,16). The largest absolute Gasteiger partial charge is 0.496 e. The van der Waals surface area contributed by atoms with Crippen molar-refractivity contribution in [2.24, 2.45) is 0 Å². The number of carbonyl (C=O) groups is 1. The third-order valence-corrected chi connectivity index (χ3v) is 2.67. The Hall–Kier alpha value is -1.22. The first kappa shape index (κ1) is 13.8. The monoisotopic (exact) mass is 255 g/mol. The van der Waals surface area contributed by atoms with Gasteiger partial charge in [-0.1, -0.05) is 18.2 Å². The molecule has 1 aromatic rings. The van der Waals surface area contributed by atoms with E-state index < -0.39 is 0 Å². The van der Waals surface area contributed by atoms with Crippen LogP contribution in [0.1, 0.15) is 19.4 Å². The molecule has 3 nitrogen and oxygen atoms in total. The van der Waals surface area contributed by atoms with Crippen LogP contribution in [0.15, 0.2) is 24.3 Å². The minimum atomic E-state index is -0.347. The number of methoxy groups -OCH3 is 1. The van der Waals surface area contributed by atoms with E-state index in [0.29, 0.717) is 6.42 Å². The zero-order chi connectivity index (χ0) is 12.9. The van der Waals surface area contributed by atoms with Crippen LogP contribution >= 0.6 is 11.6 Å². The summed E-state index contributed by atoms with van der Waals surface area (Å²) in [5.41, 5.74) is 0.718. The summed E-state index contributed by atoms with van der Waals surface area (Å²) < 4.78 is 5.28. The second-order valence-corrected chi connectivity index (χ2v) is 4.82. The Morgan fingerprint density at radius 2 is 2.06 bits per heavy atom. The first-order chi connectivity index (χ1) is 7.98. The van der Waals surface area contributed by atoms with Gasteiger partial charge in [-0.2, -0.15) is 0 Å². The maximum absolute atomic E-state index is 11.3. The minimum absolute atomic E-state index is 0.0185. The highest BCUT2D eigenvalue weighted by Gasteiger charge is 2.21. The van der Waals surface area contributed by atoms with Crippen molar-refractivity contribution in [2.45, 2.75) is 25.8 Å². The average molecular weight is 256 g/mol. The van der Waals surface area contributed by atoms with Gasteiger partial charge >= 0.3 is 0 Å². The summed E-state index contributed by atoms with van der Waals surface area (Å²) in [6.45, 7) is 3.92. The molecule has 0 atom stereocenters. The SMILES string of the molecule is COc1ccccc1CC(C)(C)NC(=O)CCl. The summed E-state index contributed by atoms with van der Waals surface area (Å²) in [7, 11) is 1.64. The van der Waals surface area contributed by atoms with Crippen molar-refractivity contribution in [1.29, 1.82) is 0 Å². The van der Waals surface area contributed by atoms with E-state index >= 15 is 0 Å². The van der Waals surface area contributed by atoms with E-state index in [2.05, 4.69) is 5.32 Å². The van der Waals surface area contributed by atoms with Crippen molar-refractivity contribution in [3.63, 3.8) is 0 Å². The van der Waals surface area contributed by atoms with Crippen LogP contribution in [0.2, 0.25) is 0 Å². The molecule has 17 heavy (non-hydrogen) atoms. The van der Waals surface area contributed by atoms with Crippen molar-refractivity contribution in [3.05, 3.63) is 29.8 Å². The number of hydrogen-bond donors (Lipinski definition) is 1. The van der Waals surface area contributed by atoms with Crippen LogP contribution in [-0.2, 0) is 11.2 Å². The van der Waals surface area contributed by atoms with Crippen LogP contribution < -0.4 is 10.1 Å². The van der Waals surface area contributed by atoms with E-state index in [9.17, 15) is 4.79 Å². The number of carbonyl (C=O) groups excluding carboxylic acids is 1. The van der Waals surface area contributed by atoms with Gasteiger partial charge in [0.05, 0.1) is 7.11 Å². The number of ether oxygens (including phenoxy) is 1.